The Hall–Kier alpha value is 0.150. The van der Waals surface area contributed by atoms with Crippen molar-refractivity contribution >= 4 is 45.4 Å². The number of rotatable bonds is 4. The third-order valence-corrected chi connectivity index (χ3v) is 6.83. The molecule has 2 N–H and O–H groups in total. The van der Waals surface area contributed by atoms with E-state index in [0.717, 1.165) is 37.0 Å². The number of halogens is 2. The second-order valence-corrected chi connectivity index (χ2v) is 8.23. The molecule has 0 bridgehead atoms. The summed E-state index contributed by atoms with van der Waals surface area (Å²) in [6.45, 7) is 1.10. The molecule has 8 heteroatoms. The Labute approximate surface area is 129 Å². The lowest BCUT2D eigenvalue weighted by Crippen LogP contribution is -2.44. The van der Waals surface area contributed by atoms with Crippen molar-refractivity contribution in [2.24, 2.45) is 5.73 Å². The molecular weight excluding hydrogens is 327 g/mol. The van der Waals surface area contributed by atoms with Gasteiger partial charge in [0.2, 0.25) is 0 Å². The molecule has 0 aromatic carbocycles. The Balaban J connectivity index is 0.00000180. The molecule has 0 aliphatic carbocycles. The number of piperidine rings is 1. The van der Waals surface area contributed by atoms with Gasteiger partial charge in [0.05, 0.1) is 4.34 Å². The van der Waals surface area contributed by atoms with Crippen molar-refractivity contribution in [1.82, 2.24) is 4.31 Å². The van der Waals surface area contributed by atoms with Crippen molar-refractivity contribution < 1.29 is 8.42 Å². The van der Waals surface area contributed by atoms with Gasteiger partial charge in [-0.25, -0.2) is 8.42 Å². The molecule has 1 unspecified atom stereocenters. The molecule has 1 atom stereocenters. The predicted molar refractivity (Wildman–Crippen MR) is 81.8 cm³/mol. The van der Waals surface area contributed by atoms with E-state index < -0.39 is 10.0 Å². The Morgan fingerprint density at radius 3 is 2.74 bits per heavy atom. The highest BCUT2D eigenvalue weighted by molar-refractivity contribution is 7.91. The number of sulfonamides is 1. The van der Waals surface area contributed by atoms with Gasteiger partial charge in [0.15, 0.2) is 0 Å². The maximum atomic E-state index is 12.5. The second-order valence-electron chi connectivity index (χ2n) is 4.40. The molecular formula is C11H18Cl2N2O2S2. The summed E-state index contributed by atoms with van der Waals surface area (Å²) in [5.74, 6) is 0. The van der Waals surface area contributed by atoms with Gasteiger partial charge in [-0.1, -0.05) is 18.0 Å². The van der Waals surface area contributed by atoms with Gasteiger partial charge in [0.1, 0.15) is 4.21 Å². The van der Waals surface area contributed by atoms with Crippen molar-refractivity contribution in [1.29, 1.82) is 0 Å². The number of hydrogen-bond acceptors (Lipinski definition) is 4. The maximum absolute atomic E-state index is 12.5. The van der Waals surface area contributed by atoms with E-state index in [4.69, 9.17) is 17.3 Å². The average molecular weight is 345 g/mol. The van der Waals surface area contributed by atoms with Crippen LogP contribution in [0.3, 0.4) is 0 Å². The summed E-state index contributed by atoms with van der Waals surface area (Å²) in [6, 6.07) is 3.24. The molecule has 110 valence electrons. The first-order valence-electron chi connectivity index (χ1n) is 6.03. The van der Waals surface area contributed by atoms with E-state index in [1.807, 2.05) is 0 Å². The lowest BCUT2D eigenvalue weighted by Gasteiger charge is -2.34. The van der Waals surface area contributed by atoms with Gasteiger partial charge in [-0.05, 0) is 37.9 Å². The molecule has 0 radical (unpaired) electrons. The smallest absolute Gasteiger partial charge is 0.252 e. The fourth-order valence-corrected chi connectivity index (χ4v) is 5.66. The van der Waals surface area contributed by atoms with Crippen molar-refractivity contribution in [3.8, 4) is 0 Å². The van der Waals surface area contributed by atoms with Crippen molar-refractivity contribution in [2.45, 2.75) is 35.9 Å². The minimum absolute atomic E-state index is 0. The lowest BCUT2D eigenvalue weighted by atomic mass is 10.0. The van der Waals surface area contributed by atoms with E-state index >= 15 is 0 Å². The van der Waals surface area contributed by atoms with Crippen LogP contribution in [0.1, 0.15) is 25.7 Å². The fraction of sp³-hybridized carbons (Fsp3) is 0.636. The van der Waals surface area contributed by atoms with Gasteiger partial charge in [0.25, 0.3) is 10.0 Å². The molecule has 0 spiro atoms. The van der Waals surface area contributed by atoms with Crippen LogP contribution in [0.5, 0.6) is 0 Å². The molecule has 1 aliphatic rings. The van der Waals surface area contributed by atoms with E-state index in [1.165, 1.54) is 0 Å². The van der Waals surface area contributed by atoms with Crippen molar-refractivity contribution in [3.63, 3.8) is 0 Å². The third kappa shape index (κ3) is 3.83. The zero-order chi connectivity index (χ0) is 13.2. The van der Waals surface area contributed by atoms with Crippen LogP contribution >= 0.6 is 35.3 Å². The highest BCUT2D eigenvalue weighted by Crippen LogP contribution is 2.32. The van der Waals surface area contributed by atoms with Crippen LogP contribution in [-0.2, 0) is 10.0 Å². The highest BCUT2D eigenvalue weighted by atomic mass is 35.5. The van der Waals surface area contributed by atoms with Crippen molar-refractivity contribution in [2.75, 3.05) is 13.1 Å². The third-order valence-electron chi connectivity index (χ3n) is 3.18. The SMILES string of the molecule is Cl.NCCC1CCCCN1S(=O)(=O)c1ccc(Cl)s1. The summed E-state index contributed by atoms with van der Waals surface area (Å²) >= 11 is 6.93. The first-order chi connectivity index (χ1) is 8.55. The molecule has 1 saturated heterocycles. The first kappa shape index (κ1) is 17.2. The van der Waals surface area contributed by atoms with Crippen molar-refractivity contribution in [3.05, 3.63) is 16.5 Å². The van der Waals surface area contributed by atoms with Gasteiger partial charge < -0.3 is 5.73 Å². The molecule has 1 aromatic heterocycles. The number of hydrogen-bond donors (Lipinski definition) is 1. The van der Waals surface area contributed by atoms with E-state index in [2.05, 4.69) is 0 Å². The molecule has 1 fully saturated rings. The summed E-state index contributed by atoms with van der Waals surface area (Å²) in [6.07, 6.45) is 3.61. The normalized spacial score (nSPS) is 21.1. The zero-order valence-corrected chi connectivity index (χ0v) is 13.6. The summed E-state index contributed by atoms with van der Waals surface area (Å²) < 4.78 is 27.5. The van der Waals surface area contributed by atoms with Gasteiger partial charge in [-0.3, -0.25) is 0 Å². The van der Waals surface area contributed by atoms with Crippen LogP contribution in [0.4, 0.5) is 0 Å². The monoisotopic (exact) mass is 344 g/mol. The van der Waals surface area contributed by atoms with Crippen LogP contribution < -0.4 is 5.73 Å². The minimum Gasteiger partial charge on any atom is -0.330 e. The Kier molecular flexibility index (Phi) is 6.56. The van der Waals surface area contributed by atoms with Crippen LogP contribution in [0, 0.1) is 0 Å². The quantitative estimate of drug-likeness (QED) is 0.913. The van der Waals surface area contributed by atoms with Crippen LogP contribution in [0.2, 0.25) is 4.34 Å². The van der Waals surface area contributed by atoms with Gasteiger partial charge in [0, 0.05) is 12.6 Å². The predicted octanol–water partition coefficient (Wildman–Crippen LogP) is 2.72. The summed E-state index contributed by atoms with van der Waals surface area (Å²) in [7, 11) is -3.40. The number of thiophene rings is 1. The highest BCUT2D eigenvalue weighted by Gasteiger charge is 2.33. The molecule has 2 rings (SSSR count). The minimum atomic E-state index is -3.40. The largest absolute Gasteiger partial charge is 0.330 e. The zero-order valence-electron chi connectivity index (χ0n) is 10.4. The van der Waals surface area contributed by atoms with Crippen LogP contribution in [-0.4, -0.2) is 31.9 Å². The van der Waals surface area contributed by atoms with Crippen LogP contribution in [0.15, 0.2) is 16.3 Å². The standard InChI is InChI=1S/C11H17ClN2O2S2.ClH/c12-10-4-5-11(17-10)18(15,16)14-8-2-1-3-9(14)6-7-13;/h4-5,9H,1-3,6-8,13H2;1H. The summed E-state index contributed by atoms with van der Waals surface area (Å²) in [5, 5.41) is 0. The van der Waals surface area contributed by atoms with Gasteiger partial charge in [-0.2, -0.15) is 4.31 Å². The second kappa shape index (κ2) is 7.24. The number of nitrogens with two attached hydrogens (primary N) is 1. The molecule has 0 saturated carbocycles. The molecule has 2 heterocycles. The Bertz CT molecular complexity index is 503. The lowest BCUT2D eigenvalue weighted by molar-refractivity contribution is 0.243. The molecule has 19 heavy (non-hydrogen) atoms. The van der Waals surface area contributed by atoms with Crippen LogP contribution in [0.25, 0.3) is 0 Å². The molecule has 1 aliphatic heterocycles. The Morgan fingerprint density at radius 1 is 1.42 bits per heavy atom. The van der Waals surface area contributed by atoms with Gasteiger partial charge in [-0.15, -0.1) is 23.7 Å². The Morgan fingerprint density at radius 2 is 2.16 bits per heavy atom. The summed E-state index contributed by atoms with van der Waals surface area (Å²) in [5.41, 5.74) is 5.57. The van der Waals surface area contributed by atoms with Gasteiger partial charge >= 0.3 is 0 Å². The molecule has 1 aromatic rings. The van der Waals surface area contributed by atoms with E-state index in [0.29, 0.717) is 21.6 Å². The van der Waals surface area contributed by atoms with E-state index in [9.17, 15) is 8.42 Å². The first-order valence-corrected chi connectivity index (χ1v) is 8.66. The number of nitrogens with zero attached hydrogens (tertiary/aromatic N) is 1. The van der Waals surface area contributed by atoms with E-state index in [-0.39, 0.29) is 18.4 Å². The van der Waals surface area contributed by atoms with E-state index in [1.54, 1.807) is 16.4 Å². The summed E-state index contributed by atoms with van der Waals surface area (Å²) in [4.78, 5) is 0. The fourth-order valence-electron chi connectivity index (χ4n) is 2.32. The molecule has 0 amide bonds. The maximum Gasteiger partial charge on any atom is 0.252 e. The topological polar surface area (TPSA) is 63.4 Å². The molecule has 4 nitrogen and oxygen atoms in total. The average Bonchev–Trinajstić information content (AvgIpc) is 2.78.